The summed E-state index contributed by atoms with van der Waals surface area (Å²) in [7, 11) is 0. The van der Waals surface area contributed by atoms with Gasteiger partial charge >= 0.3 is 0 Å². The van der Waals surface area contributed by atoms with E-state index in [4.69, 9.17) is 11.6 Å². The summed E-state index contributed by atoms with van der Waals surface area (Å²) in [5.74, 6) is 0.512. The van der Waals surface area contributed by atoms with Crippen molar-refractivity contribution in [2.24, 2.45) is 5.10 Å². The zero-order chi connectivity index (χ0) is 12.1. The monoisotopic (exact) mass is 248 g/mol. The molecule has 0 atom stereocenters. The molecule has 2 aromatic heterocycles. The van der Waals surface area contributed by atoms with Gasteiger partial charge in [-0.25, -0.2) is 0 Å². The highest BCUT2D eigenvalue weighted by atomic mass is 35.5. The number of hydrazone groups is 1. The molecule has 2 aromatic rings. The third-order valence-corrected chi connectivity index (χ3v) is 2.11. The van der Waals surface area contributed by atoms with Gasteiger partial charge in [0.1, 0.15) is 5.69 Å². The maximum absolute atomic E-state index is 5.61. The van der Waals surface area contributed by atoms with Crippen LogP contribution < -0.4 is 5.43 Å². The fourth-order valence-corrected chi connectivity index (χ4v) is 1.16. The van der Waals surface area contributed by atoms with Crippen LogP contribution in [0.25, 0.3) is 0 Å². The Kier molecular flexibility index (Phi) is 3.56. The Balaban J connectivity index is 2.08. The van der Waals surface area contributed by atoms with Gasteiger partial charge < -0.3 is 0 Å². The molecule has 6 nitrogen and oxygen atoms in total. The van der Waals surface area contributed by atoms with Gasteiger partial charge in [-0.2, -0.15) is 5.10 Å². The van der Waals surface area contributed by atoms with Crippen LogP contribution >= 0.6 is 11.6 Å². The number of hydrogen-bond acceptors (Lipinski definition) is 6. The van der Waals surface area contributed by atoms with Gasteiger partial charge in [0.25, 0.3) is 0 Å². The molecule has 0 radical (unpaired) electrons. The van der Waals surface area contributed by atoms with E-state index >= 15 is 0 Å². The van der Waals surface area contributed by atoms with E-state index in [0.717, 1.165) is 0 Å². The molecule has 0 bridgehead atoms. The Morgan fingerprint density at radius 1 is 1.29 bits per heavy atom. The Hall–Kier alpha value is -2.08. The molecule has 7 heteroatoms. The molecule has 0 aliphatic rings. The quantitative estimate of drug-likeness (QED) is 0.662. The Morgan fingerprint density at radius 3 is 2.82 bits per heavy atom. The summed E-state index contributed by atoms with van der Waals surface area (Å²) in [4.78, 5) is 8.07. The fraction of sp³-hybridized carbons (Fsp3) is 0.100. The van der Waals surface area contributed by atoms with E-state index in [0.29, 0.717) is 22.4 Å². The highest BCUT2D eigenvalue weighted by Crippen LogP contribution is 2.06. The van der Waals surface area contributed by atoms with Crippen LogP contribution in [-0.2, 0) is 0 Å². The number of anilines is 1. The van der Waals surface area contributed by atoms with Crippen molar-refractivity contribution in [3.8, 4) is 0 Å². The predicted molar refractivity (Wildman–Crippen MR) is 64.9 cm³/mol. The standard InChI is InChI=1S/C10H9ClN6/c1-7(8-6-12-4-5-13-8)14-16-10-3-2-9(11)15-17-10/h2-6H,1H3,(H,16,17)/b14-7+. The summed E-state index contributed by atoms with van der Waals surface area (Å²) >= 11 is 5.61. The second-order valence-electron chi connectivity index (χ2n) is 3.14. The molecule has 1 N–H and O–H groups in total. The average Bonchev–Trinajstić information content (AvgIpc) is 2.39. The van der Waals surface area contributed by atoms with Gasteiger partial charge in [0.15, 0.2) is 11.0 Å². The molecule has 0 aromatic carbocycles. The molecule has 2 heterocycles. The van der Waals surface area contributed by atoms with Crippen LogP contribution in [0, 0.1) is 0 Å². The minimum Gasteiger partial charge on any atom is -0.261 e. The Labute approximate surface area is 103 Å². The minimum atomic E-state index is 0.338. The SMILES string of the molecule is C/C(=N\Nc1ccc(Cl)nn1)c1cnccn1. The van der Waals surface area contributed by atoms with Gasteiger partial charge in [-0.15, -0.1) is 10.2 Å². The summed E-state index contributed by atoms with van der Waals surface area (Å²) in [6.45, 7) is 1.82. The Morgan fingerprint density at radius 2 is 2.18 bits per heavy atom. The first kappa shape index (κ1) is 11.4. The molecule has 0 spiro atoms. The van der Waals surface area contributed by atoms with Crippen molar-refractivity contribution in [1.29, 1.82) is 0 Å². The summed E-state index contributed by atoms with van der Waals surface area (Å²) < 4.78 is 0. The highest BCUT2D eigenvalue weighted by Gasteiger charge is 1.98. The van der Waals surface area contributed by atoms with Crippen molar-refractivity contribution in [2.75, 3.05) is 5.43 Å². The molecule has 0 aliphatic heterocycles. The van der Waals surface area contributed by atoms with Crippen molar-refractivity contribution in [3.05, 3.63) is 41.6 Å². The minimum absolute atomic E-state index is 0.338. The average molecular weight is 249 g/mol. The first-order valence-electron chi connectivity index (χ1n) is 4.81. The lowest BCUT2D eigenvalue weighted by molar-refractivity contribution is 1.02. The molecule has 0 saturated heterocycles. The smallest absolute Gasteiger partial charge is 0.168 e. The van der Waals surface area contributed by atoms with Crippen LogP contribution in [0.5, 0.6) is 0 Å². The summed E-state index contributed by atoms with van der Waals surface area (Å²) in [6.07, 6.45) is 4.85. The molecule has 0 fully saturated rings. The van der Waals surface area contributed by atoms with Crippen molar-refractivity contribution in [3.63, 3.8) is 0 Å². The molecule has 0 aliphatic carbocycles. The zero-order valence-electron chi connectivity index (χ0n) is 9.00. The van der Waals surface area contributed by atoms with E-state index in [9.17, 15) is 0 Å². The topological polar surface area (TPSA) is 76.0 Å². The number of halogens is 1. The number of nitrogens with one attached hydrogen (secondary N) is 1. The first-order valence-corrected chi connectivity index (χ1v) is 5.19. The second kappa shape index (κ2) is 5.31. The lowest BCUT2D eigenvalue weighted by Gasteiger charge is -2.00. The van der Waals surface area contributed by atoms with Crippen LogP contribution in [0.3, 0.4) is 0 Å². The van der Waals surface area contributed by atoms with E-state index in [1.165, 1.54) is 0 Å². The van der Waals surface area contributed by atoms with Gasteiger partial charge in [0.05, 0.1) is 11.9 Å². The van der Waals surface area contributed by atoms with E-state index in [1.807, 2.05) is 6.92 Å². The first-order chi connectivity index (χ1) is 8.25. The highest BCUT2D eigenvalue weighted by molar-refractivity contribution is 6.29. The number of hydrogen-bond donors (Lipinski definition) is 1. The van der Waals surface area contributed by atoms with Crippen LogP contribution in [0.15, 0.2) is 35.8 Å². The zero-order valence-corrected chi connectivity index (χ0v) is 9.76. The Bertz CT molecular complexity index is 510. The number of rotatable bonds is 3. The molecule has 86 valence electrons. The molecule has 0 unspecified atom stereocenters. The van der Waals surface area contributed by atoms with Crippen LogP contribution in [0.2, 0.25) is 5.15 Å². The van der Waals surface area contributed by atoms with Crippen molar-refractivity contribution in [2.45, 2.75) is 6.92 Å². The summed E-state index contributed by atoms with van der Waals surface area (Å²) in [5.41, 5.74) is 4.16. The molecular formula is C10H9ClN6. The lowest BCUT2D eigenvalue weighted by atomic mass is 10.3. The number of nitrogens with zero attached hydrogens (tertiary/aromatic N) is 5. The molecule has 0 saturated carbocycles. The van der Waals surface area contributed by atoms with Gasteiger partial charge in [-0.1, -0.05) is 11.6 Å². The second-order valence-corrected chi connectivity index (χ2v) is 3.53. The van der Waals surface area contributed by atoms with Crippen LogP contribution in [0.4, 0.5) is 5.82 Å². The third kappa shape index (κ3) is 3.18. The fourth-order valence-electron chi connectivity index (χ4n) is 1.06. The molecule has 0 amide bonds. The van der Waals surface area contributed by atoms with E-state index in [1.54, 1.807) is 30.7 Å². The van der Waals surface area contributed by atoms with E-state index in [-0.39, 0.29) is 0 Å². The van der Waals surface area contributed by atoms with Gasteiger partial charge in [0.2, 0.25) is 0 Å². The summed E-state index contributed by atoms with van der Waals surface area (Å²) in [5, 5.41) is 11.9. The van der Waals surface area contributed by atoms with Gasteiger partial charge in [-0.3, -0.25) is 15.4 Å². The normalized spacial score (nSPS) is 11.3. The van der Waals surface area contributed by atoms with E-state index < -0.39 is 0 Å². The maximum atomic E-state index is 5.61. The third-order valence-electron chi connectivity index (χ3n) is 1.90. The van der Waals surface area contributed by atoms with Crippen molar-refractivity contribution in [1.82, 2.24) is 20.2 Å². The molecule has 2 rings (SSSR count). The van der Waals surface area contributed by atoms with Gasteiger partial charge in [0, 0.05) is 12.4 Å². The molecule has 17 heavy (non-hydrogen) atoms. The van der Waals surface area contributed by atoms with E-state index in [2.05, 4.69) is 30.7 Å². The van der Waals surface area contributed by atoms with Crippen molar-refractivity contribution < 1.29 is 0 Å². The molecular weight excluding hydrogens is 240 g/mol. The van der Waals surface area contributed by atoms with Crippen LogP contribution in [0.1, 0.15) is 12.6 Å². The van der Waals surface area contributed by atoms with Crippen LogP contribution in [-0.4, -0.2) is 25.9 Å². The van der Waals surface area contributed by atoms with Gasteiger partial charge in [-0.05, 0) is 19.1 Å². The largest absolute Gasteiger partial charge is 0.261 e. The van der Waals surface area contributed by atoms with Crippen molar-refractivity contribution >= 4 is 23.1 Å². The predicted octanol–water partition coefficient (Wildman–Crippen LogP) is 1.76. The lowest BCUT2D eigenvalue weighted by Crippen LogP contribution is -2.03. The maximum Gasteiger partial charge on any atom is 0.168 e. The summed E-state index contributed by atoms with van der Waals surface area (Å²) in [6, 6.07) is 3.31. The number of aromatic nitrogens is 4.